The average molecular weight is 389 g/mol. The molecule has 27 heavy (non-hydrogen) atoms. The number of ether oxygens (including phenoxy) is 1. The molecule has 1 aromatic heterocycles. The highest BCUT2D eigenvalue weighted by Gasteiger charge is 2.19. The van der Waals surface area contributed by atoms with E-state index in [1.807, 2.05) is 26.0 Å². The number of aryl methyl sites for hydroxylation is 2. The Kier molecular flexibility index (Phi) is 7.07. The van der Waals surface area contributed by atoms with Gasteiger partial charge in [0.2, 0.25) is 0 Å². The van der Waals surface area contributed by atoms with Crippen molar-refractivity contribution in [2.24, 2.45) is 0 Å². The molecule has 2 aromatic rings. The Morgan fingerprint density at radius 1 is 1.15 bits per heavy atom. The van der Waals surface area contributed by atoms with Crippen LogP contribution in [0.25, 0.3) is 0 Å². The molecule has 0 aliphatic heterocycles. The minimum atomic E-state index is -1.01. The quantitative estimate of drug-likeness (QED) is 0.574. The van der Waals surface area contributed by atoms with E-state index < -0.39 is 18.0 Å². The summed E-state index contributed by atoms with van der Waals surface area (Å²) in [7, 11) is 0. The second-order valence-corrected chi connectivity index (χ2v) is 6.66. The summed E-state index contributed by atoms with van der Waals surface area (Å²) in [5.74, 6) is -0.951. The normalized spacial score (nSPS) is 11.6. The van der Waals surface area contributed by atoms with Crippen LogP contribution in [0.4, 0.5) is 5.82 Å². The topological polar surface area (TPSA) is 85.4 Å². The summed E-state index contributed by atoms with van der Waals surface area (Å²) in [6.07, 6.45) is 0.317. The van der Waals surface area contributed by atoms with Crippen molar-refractivity contribution in [3.8, 4) is 0 Å². The van der Waals surface area contributed by atoms with Crippen molar-refractivity contribution in [1.82, 2.24) is 4.98 Å². The molecule has 0 bridgehead atoms. The molecule has 0 saturated heterocycles. The van der Waals surface area contributed by atoms with E-state index in [4.69, 9.17) is 16.3 Å². The molecule has 1 atom stereocenters. The Balaban J connectivity index is 1.83. The summed E-state index contributed by atoms with van der Waals surface area (Å²) < 4.78 is 5.09. The number of benzene rings is 1. The summed E-state index contributed by atoms with van der Waals surface area (Å²) >= 11 is 5.73. The van der Waals surface area contributed by atoms with E-state index in [1.54, 1.807) is 12.1 Å². The zero-order valence-electron chi connectivity index (χ0n) is 15.4. The van der Waals surface area contributed by atoms with Gasteiger partial charge in [0.15, 0.2) is 11.9 Å². The molecule has 0 aliphatic carbocycles. The van der Waals surface area contributed by atoms with E-state index >= 15 is 0 Å². The zero-order chi connectivity index (χ0) is 20.0. The molecule has 0 unspecified atom stereocenters. The first kappa shape index (κ1) is 20.6. The Morgan fingerprint density at radius 3 is 2.56 bits per heavy atom. The van der Waals surface area contributed by atoms with Crippen LogP contribution in [-0.2, 0) is 14.3 Å². The molecule has 1 amide bonds. The SMILES string of the molecule is Cc1ccc(C)c(C(=O)CCC(=O)O[C@@H](C)C(=O)Nc2ccc(Cl)cn2)c1. The third kappa shape index (κ3) is 6.18. The Bertz CT molecular complexity index is 850. The predicted molar refractivity (Wildman–Crippen MR) is 103 cm³/mol. The van der Waals surface area contributed by atoms with Crippen molar-refractivity contribution in [2.75, 3.05) is 5.32 Å². The van der Waals surface area contributed by atoms with Crippen LogP contribution in [0, 0.1) is 13.8 Å². The minimum absolute atomic E-state index is 0.0240. The molecule has 6 nitrogen and oxygen atoms in total. The molecule has 0 radical (unpaired) electrons. The van der Waals surface area contributed by atoms with E-state index in [0.29, 0.717) is 16.4 Å². The number of carbonyl (C=O) groups is 3. The third-order valence-electron chi connectivity index (χ3n) is 3.91. The predicted octanol–water partition coefficient (Wildman–Crippen LogP) is 3.89. The molecular weight excluding hydrogens is 368 g/mol. The van der Waals surface area contributed by atoms with Crippen molar-refractivity contribution in [1.29, 1.82) is 0 Å². The Hall–Kier alpha value is -2.73. The molecule has 0 fully saturated rings. The van der Waals surface area contributed by atoms with E-state index in [1.165, 1.54) is 19.2 Å². The van der Waals surface area contributed by atoms with Crippen LogP contribution in [0.1, 0.15) is 41.3 Å². The van der Waals surface area contributed by atoms with E-state index in [0.717, 1.165) is 11.1 Å². The van der Waals surface area contributed by atoms with Gasteiger partial charge >= 0.3 is 5.97 Å². The number of carbonyl (C=O) groups excluding carboxylic acids is 3. The number of ketones is 1. The number of hydrogen-bond acceptors (Lipinski definition) is 5. The molecular formula is C20H21ClN2O4. The van der Waals surface area contributed by atoms with Gasteiger partial charge in [-0.25, -0.2) is 4.98 Å². The number of hydrogen-bond donors (Lipinski definition) is 1. The summed E-state index contributed by atoms with van der Waals surface area (Å²) in [5, 5.41) is 2.97. The van der Waals surface area contributed by atoms with Crippen molar-refractivity contribution in [3.05, 3.63) is 58.2 Å². The molecule has 142 valence electrons. The van der Waals surface area contributed by atoms with Gasteiger partial charge in [-0.2, -0.15) is 0 Å². The molecule has 0 aliphatic rings. The summed E-state index contributed by atoms with van der Waals surface area (Å²) in [4.78, 5) is 40.2. The van der Waals surface area contributed by atoms with Gasteiger partial charge in [0.05, 0.1) is 11.4 Å². The number of aromatic nitrogens is 1. The van der Waals surface area contributed by atoms with Crippen LogP contribution >= 0.6 is 11.6 Å². The van der Waals surface area contributed by atoms with Gasteiger partial charge in [0, 0.05) is 18.2 Å². The van der Waals surface area contributed by atoms with Crippen molar-refractivity contribution < 1.29 is 19.1 Å². The van der Waals surface area contributed by atoms with E-state index in [-0.39, 0.29) is 18.6 Å². The van der Waals surface area contributed by atoms with Gasteiger partial charge in [-0.05, 0) is 44.5 Å². The van der Waals surface area contributed by atoms with Crippen molar-refractivity contribution in [3.63, 3.8) is 0 Å². The van der Waals surface area contributed by atoms with Gasteiger partial charge in [-0.15, -0.1) is 0 Å². The molecule has 1 aromatic carbocycles. The second kappa shape index (κ2) is 9.28. The monoisotopic (exact) mass is 388 g/mol. The molecule has 2 rings (SSSR count). The van der Waals surface area contributed by atoms with E-state index in [9.17, 15) is 14.4 Å². The van der Waals surface area contributed by atoms with Crippen LogP contribution in [0.15, 0.2) is 36.5 Å². The lowest BCUT2D eigenvalue weighted by molar-refractivity contribution is -0.153. The number of amides is 1. The van der Waals surface area contributed by atoms with Crippen LogP contribution in [0.2, 0.25) is 5.02 Å². The first-order valence-electron chi connectivity index (χ1n) is 8.48. The Morgan fingerprint density at radius 2 is 1.89 bits per heavy atom. The fourth-order valence-corrected chi connectivity index (χ4v) is 2.49. The number of halogens is 1. The number of nitrogens with one attached hydrogen (secondary N) is 1. The van der Waals surface area contributed by atoms with Crippen LogP contribution in [-0.4, -0.2) is 28.7 Å². The fraction of sp³-hybridized carbons (Fsp3) is 0.300. The number of anilines is 1. The van der Waals surface area contributed by atoms with Crippen LogP contribution in [0.5, 0.6) is 0 Å². The molecule has 0 saturated carbocycles. The maximum absolute atomic E-state index is 12.3. The maximum Gasteiger partial charge on any atom is 0.307 e. The summed E-state index contributed by atoms with van der Waals surface area (Å²) in [5.41, 5.74) is 2.44. The Labute approximate surface area is 162 Å². The molecule has 7 heteroatoms. The smallest absolute Gasteiger partial charge is 0.307 e. The highest BCUT2D eigenvalue weighted by molar-refractivity contribution is 6.30. The lowest BCUT2D eigenvalue weighted by atomic mass is 9.99. The van der Waals surface area contributed by atoms with Gasteiger partial charge in [-0.3, -0.25) is 14.4 Å². The second-order valence-electron chi connectivity index (χ2n) is 6.22. The molecule has 1 N–H and O–H groups in total. The fourth-order valence-electron chi connectivity index (χ4n) is 2.37. The van der Waals surface area contributed by atoms with Crippen LogP contribution < -0.4 is 5.32 Å². The first-order valence-corrected chi connectivity index (χ1v) is 8.86. The van der Waals surface area contributed by atoms with Gasteiger partial charge in [0.25, 0.3) is 5.91 Å². The highest BCUT2D eigenvalue weighted by atomic mass is 35.5. The first-order chi connectivity index (χ1) is 12.8. The van der Waals surface area contributed by atoms with Crippen LogP contribution in [0.3, 0.4) is 0 Å². The summed E-state index contributed by atoms with van der Waals surface area (Å²) in [6.45, 7) is 5.21. The van der Waals surface area contributed by atoms with Crippen molar-refractivity contribution in [2.45, 2.75) is 39.7 Å². The summed E-state index contributed by atoms with van der Waals surface area (Å²) in [6, 6.07) is 8.73. The van der Waals surface area contributed by atoms with E-state index in [2.05, 4.69) is 10.3 Å². The number of esters is 1. The standard InChI is InChI=1S/C20H21ClN2O4/c1-12-4-5-13(2)16(10-12)17(24)7-9-19(25)27-14(3)20(26)23-18-8-6-15(21)11-22-18/h4-6,8,10-11,14H,7,9H2,1-3H3,(H,22,23,26)/t14-/m0/s1. The van der Waals surface area contributed by atoms with Gasteiger partial charge in [0.1, 0.15) is 5.82 Å². The number of pyridine rings is 1. The third-order valence-corrected chi connectivity index (χ3v) is 4.13. The number of nitrogens with zero attached hydrogens (tertiary/aromatic N) is 1. The lowest BCUT2D eigenvalue weighted by Gasteiger charge is -2.13. The maximum atomic E-state index is 12.3. The number of rotatable bonds is 7. The largest absolute Gasteiger partial charge is 0.453 e. The molecule has 0 spiro atoms. The lowest BCUT2D eigenvalue weighted by Crippen LogP contribution is -2.30. The average Bonchev–Trinajstić information content (AvgIpc) is 2.63. The highest BCUT2D eigenvalue weighted by Crippen LogP contribution is 2.15. The minimum Gasteiger partial charge on any atom is -0.453 e. The zero-order valence-corrected chi connectivity index (χ0v) is 16.2. The van der Waals surface area contributed by atoms with Crippen molar-refractivity contribution >= 4 is 35.1 Å². The van der Waals surface area contributed by atoms with Gasteiger partial charge in [-0.1, -0.05) is 29.3 Å². The van der Waals surface area contributed by atoms with Gasteiger partial charge < -0.3 is 10.1 Å². The number of Topliss-reactive ketones (excluding diaryl/α,β-unsaturated/α-hetero) is 1. The molecule has 1 heterocycles.